The van der Waals surface area contributed by atoms with E-state index < -0.39 is 0 Å². The summed E-state index contributed by atoms with van der Waals surface area (Å²) in [7, 11) is 2.18. The summed E-state index contributed by atoms with van der Waals surface area (Å²) in [6.45, 7) is 6.77. The molecule has 2 aliphatic rings. The lowest BCUT2D eigenvalue weighted by Crippen LogP contribution is -2.47. The fourth-order valence-electron chi connectivity index (χ4n) is 4.20. The number of aliphatic imine (C=N–C) groups is 1. The van der Waals surface area contributed by atoms with E-state index in [1.54, 1.807) is 11.3 Å². The molecule has 168 valence electrons. The van der Waals surface area contributed by atoms with Gasteiger partial charge in [0, 0.05) is 46.8 Å². The number of nitrogens with two attached hydrogens (primary N) is 1. The molecular formula is C26H26BrN5S. The molecule has 0 atom stereocenters. The number of halogens is 1. The van der Waals surface area contributed by atoms with Crippen molar-refractivity contribution in [3.63, 3.8) is 0 Å². The molecule has 5 nitrogen and oxygen atoms in total. The molecule has 1 fully saturated rings. The zero-order valence-corrected chi connectivity index (χ0v) is 21.2. The van der Waals surface area contributed by atoms with Gasteiger partial charge in [-0.05, 0) is 50.4 Å². The van der Waals surface area contributed by atoms with Crippen LogP contribution in [-0.4, -0.2) is 55.4 Å². The number of piperazine rings is 1. The predicted octanol–water partition coefficient (Wildman–Crippen LogP) is 5.23. The Kier molecular flexibility index (Phi) is 6.15. The van der Waals surface area contributed by atoms with E-state index in [-0.39, 0.29) is 0 Å². The van der Waals surface area contributed by atoms with Gasteiger partial charge in [-0.1, -0.05) is 39.9 Å². The van der Waals surface area contributed by atoms with E-state index >= 15 is 0 Å². The summed E-state index contributed by atoms with van der Waals surface area (Å²) >= 11 is 5.32. The van der Waals surface area contributed by atoms with Crippen molar-refractivity contribution >= 4 is 55.2 Å². The summed E-state index contributed by atoms with van der Waals surface area (Å²) in [5.74, 6) is 7.71. The lowest BCUT2D eigenvalue weighted by Gasteiger charge is -2.34. The van der Waals surface area contributed by atoms with Crippen molar-refractivity contribution in [1.82, 2.24) is 9.80 Å². The molecule has 0 saturated carbocycles. The number of rotatable bonds is 1. The van der Waals surface area contributed by atoms with Crippen molar-refractivity contribution in [3.8, 4) is 11.8 Å². The maximum Gasteiger partial charge on any atom is 0.139 e. The molecule has 1 saturated heterocycles. The first-order chi connectivity index (χ1) is 16.0. The Labute approximate surface area is 207 Å². The summed E-state index contributed by atoms with van der Waals surface area (Å²) in [6, 6.07) is 16.4. The third-order valence-electron chi connectivity index (χ3n) is 6.00. The van der Waals surface area contributed by atoms with Crippen LogP contribution in [0, 0.1) is 18.8 Å². The Morgan fingerprint density at radius 2 is 1.88 bits per heavy atom. The van der Waals surface area contributed by atoms with Crippen LogP contribution in [0.1, 0.15) is 16.0 Å². The number of fused-ring (bicyclic) bond motifs is 2. The average Bonchev–Trinajstić information content (AvgIpc) is 3.14. The second-order valence-electron chi connectivity index (χ2n) is 8.41. The minimum absolute atomic E-state index is 0.557. The highest BCUT2D eigenvalue weighted by atomic mass is 79.9. The number of nitrogens with zero attached hydrogens (tertiary/aromatic N) is 4. The Balaban J connectivity index is 1.56. The fourth-order valence-corrected chi connectivity index (χ4v) is 5.58. The Morgan fingerprint density at radius 1 is 1.09 bits per heavy atom. The molecule has 33 heavy (non-hydrogen) atoms. The SMILES string of the molecule is Cc1cc2c(s1)N(CC#Cc1cc(Br)ccc1N)c1ccccc1N=C2N1CCN(C)CC1. The maximum absolute atomic E-state index is 6.14. The van der Waals surface area contributed by atoms with E-state index in [1.165, 1.54) is 15.4 Å². The summed E-state index contributed by atoms with van der Waals surface area (Å²) in [5, 5.41) is 1.20. The lowest BCUT2D eigenvalue weighted by atomic mass is 10.2. The summed E-state index contributed by atoms with van der Waals surface area (Å²) in [5.41, 5.74) is 10.9. The number of amidine groups is 1. The predicted molar refractivity (Wildman–Crippen MR) is 143 cm³/mol. The molecule has 0 aliphatic carbocycles. The summed E-state index contributed by atoms with van der Waals surface area (Å²) < 4.78 is 0.975. The molecule has 1 aromatic heterocycles. The summed E-state index contributed by atoms with van der Waals surface area (Å²) in [6.07, 6.45) is 0. The van der Waals surface area contributed by atoms with Gasteiger partial charge < -0.3 is 20.4 Å². The van der Waals surface area contributed by atoms with Crippen LogP contribution < -0.4 is 10.6 Å². The van der Waals surface area contributed by atoms with Crippen LogP contribution in [-0.2, 0) is 0 Å². The third-order valence-corrected chi connectivity index (χ3v) is 7.57. The van der Waals surface area contributed by atoms with Crippen LogP contribution in [0.25, 0.3) is 0 Å². The van der Waals surface area contributed by atoms with E-state index in [0.717, 1.165) is 53.4 Å². The molecular weight excluding hydrogens is 494 g/mol. The lowest BCUT2D eigenvalue weighted by molar-refractivity contribution is 0.216. The molecule has 2 aliphatic heterocycles. The molecule has 0 bridgehead atoms. The van der Waals surface area contributed by atoms with Gasteiger partial charge in [-0.3, -0.25) is 0 Å². The number of nitrogen functional groups attached to an aromatic ring is 1. The van der Waals surface area contributed by atoms with E-state index in [9.17, 15) is 0 Å². The first kappa shape index (κ1) is 22.0. The van der Waals surface area contributed by atoms with Crippen molar-refractivity contribution in [3.05, 3.63) is 69.0 Å². The van der Waals surface area contributed by atoms with Crippen LogP contribution in [0.15, 0.2) is 58.0 Å². The Hall–Kier alpha value is -2.79. The van der Waals surface area contributed by atoms with Crippen molar-refractivity contribution < 1.29 is 0 Å². The number of hydrogen-bond acceptors (Lipinski definition) is 6. The van der Waals surface area contributed by atoms with Gasteiger partial charge in [0.1, 0.15) is 10.8 Å². The number of aryl methyl sites for hydroxylation is 1. The zero-order chi connectivity index (χ0) is 22.9. The Bertz CT molecular complexity index is 1280. The Morgan fingerprint density at radius 3 is 2.70 bits per heavy atom. The van der Waals surface area contributed by atoms with Gasteiger partial charge in [0.15, 0.2) is 0 Å². The van der Waals surface area contributed by atoms with Gasteiger partial charge >= 0.3 is 0 Å². The molecule has 0 amide bonds. The molecule has 3 aromatic rings. The third kappa shape index (κ3) is 4.51. The highest BCUT2D eigenvalue weighted by Gasteiger charge is 2.29. The largest absolute Gasteiger partial charge is 0.398 e. The van der Waals surface area contributed by atoms with E-state index in [1.807, 2.05) is 18.2 Å². The van der Waals surface area contributed by atoms with Gasteiger partial charge in [0.05, 0.1) is 23.5 Å². The molecule has 7 heteroatoms. The molecule has 0 unspecified atom stereocenters. The molecule has 0 spiro atoms. The van der Waals surface area contributed by atoms with Crippen molar-refractivity contribution in [2.24, 2.45) is 4.99 Å². The second kappa shape index (κ2) is 9.22. The second-order valence-corrected chi connectivity index (χ2v) is 10.6. The smallest absolute Gasteiger partial charge is 0.139 e. The average molecular weight is 521 g/mol. The minimum Gasteiger partial charge on any atom is -0.398 e. The number of anilines is 3. The van der Waals surface area contributed by atoms with E-state index in [4.69, 9.17) is 10.7 Å². The van der Waals surface area contributed by atoms with E-state index in [0.29, 0.717) is 12.2 Å². The normalized spacial score (nSPS) is 15.8. The number of benzene rings is 2. The topological polar surface area (TPSA) is 48.1 Å². The zero-order valence-electron chi connectivity index (χ0n) is 18.8. The fraction of sp³-hybridized carbons (Fsp3) is 0.269. The van der Waals surface area contributed by atoms with E-state index in [2.05, 4.69) is 86.8 Å². The summed E-state index contributed by atoms with van der Waals surface area (Å²) in [4.78, 5) is 13.6. The van der Waals surface area contributed by atoms with Crippen molar-refractivity contribution in [2.45, 2.75) is 6.92 Å². The highest BCUT2D eigenvalue weighted by molar-refractivity contribution is 9.10. The molecule has 2 aromatic carbocycles. The highest BCUT2D eigenvalue weighted by Crippen LogP contribution is 2.43. The quantitative estimate of drug-likeness (QED) is 0.353. The van der Waals surface area contributed by atoms with Gasteiger partial charge in [-0.15, -0.1) is 11.3 Å². The first-order valence-corrected chi connectivity index (χ1v) is 12.6. The standard InChI is InChI=1S/C26H26BrN5S/c1-18-16-21-25(31-14-12-30(2)13-15-31)29-23-7-3-4-8-24(23)32(26(21)33-18)11-5-6-19-17-20(27)9-10-22(19)28/h3-4,7-10,16-17H,11-15,28H2,1-2H3. The molecule has 5 rings (SSSR count). The van der Waals surface area contributed by atoms with Gasteiger partial charge in [-0.2, -0.15) is 0 Å². The number of hydrogen-bond donors (Lipinski definition) is 1. The van der Waals surface area contributed by atoms with Crippen LogP contribution in [0.2, 0.25) is 0 Å². The number of likely N-dealkylation sites (N-methyl/N-ethyl adjacent to an activating group) is 1. The van der Waals surface area contributed by atoms with Gasteiger partial charge in [0.2, 0.25) is 0 Å². The maximum atomic E-state index is 6.14. The van der Waals surface area contributed by atoms with Crippen molar-refractivity contribution in [2.75, 3.05) is 50.4 Å². The van der Waals surface area contributed by atoms with Gasteiger partial charge in [0.25, 0.3) is 0 Å². The van der Waals surface area contributed by atoms with Crippen LogP contribution in [0.3, 0.4) is 0 Å². The van der Waals surface area contributed by atoms with Crippen LogP contribution in [0.5, 0.6) is 0 Å². The molecule has 3 heterocycles. The molecule has 0 radical (unpaired) electrons. The number of para-hydroxylation sites is 2. The van der Waals surface area contributed by atoms with Crippen LogP contribution in [0.4, 0.5) is 22.1 Å². The van der Waals surface area contributed by atoms with Crippen LogP contribution >= 0.6 is 27.3 Å². The van der Waals surface area contributed by atoms with Crippen molar-refractivity contribution in [1.29, 1.82) is 0 Å². The van der Waals surface area contributed by atoms with Gasteiger partial charge in [-0.25, -0.2) is 4.99 Å². The molecule has 2 N–H and O–H groups in total. The first-order valence-electron chi connectivity index (χ1n) is 11.0. The number of thiophene rings is 1. The minimum atomic E-state index is 0.557. The monoisotopic (exact) mass is 519 g/mol.